The molecule has 0 saturated carbocycles. The summed E-state index contributed by atoms with van der Waals surface area (Å²) < 4.78 is 11.0. The number of piperidine rings is 1. The number of hydrogen-bond acceptors (Lipinski definition) is 5. The van der Waals surface area contributed by atoms with Crippen LogP contribution in [0.2, 0.25) is 0 Å². The molecule has 32 heavy (non-hydrogen) atoms. The average Bonchev–Trinajstić information content (AvgIpc) is 2.81. The summed E-state index contributed by atoms with van der Waals surface area (Å²) in [5.74, 6) is 3.50. The normalized spacial score (nSPS) is 15.0. The van der Waals surface area contributed by atoms with Gasteiger partial charge in [0.15, 0.2) is 5.96 Å². The van der Waals surface area contributed by atoms with Crippen LogP contribution in [0, 0.1) is 12.8 Å². The summed E-state index contributed by atoms with van der Waals surface area (Å²) in [7, 11) is 3.45. The van der Waals surface area contributed by atoms with Crippen molar-refractivity contribution >= 4 is 11.8 Å². The fourth-order valence-corrected chi connectivity index (χ4v) is 3.71. The lowest BCUT2D eigenvalue weighted by Crippen LogP contribution is -2.36. The van der Waals surface area contributed by atoms with Crippen molar-refractivity contribution in [2.24, 2.45) is 10.9 Å². The third kappa shape index (κ3) is 7.12. The third-order valence-corrected chi connectivity index (χ3v) is 5.81. The molecule has 1 aromatic heterocycles. The number of pyridine rings is 1. The van der Waals surface area contributed by atoms with Gasteiger partial charge in [-0.2, -0.15) is 0 Å². The Balaban J connectivity index is 1.50. The van der Waals surface area contributed by atoms with E-state index in [0.29, 0.717) is 26.3 Å². The molecular weight excluding hydrogens is 402 g/mol. The minimum Gasteiger partial charge on any atom is -0.491 e. The van der Waals surface area contributed by atoms with Crippen molar-refractivity contribution in [3.63, 3.8) is 0 Å². The summed E-state index contributed by atoms with van der Waals surface area (Å²) in [6.07, 6.45) is 4.44. The Kier molecular flexibility index (Phi) is 9.16. The van der Waals surface area contributed by atoms with E-state index >= 15 is 0 Å². The van der Waals surface area contributed by atoms with Gasteiger partial charge in [-0.05, 0) is 48.9 Å². The van der Waals surface area contributed by atoms with Gasteiger partial charge in [0.2, 0.25) is 0 Å². The standard InChI is InChI=1S/C25H37N5O2/c1-19-9-11-30(12-10-19)24-8-6-21(16-27-24)17-28-25(26-3)29-18-22-7-5-20(2)15-23(22)32-14-13-31-4/h5-8,15-16,19H,9-14,17-18H2,1-4H3,(H2,26,28,29). The summed E-state index contributed by atoms with van der Waals surface area (Å²) in [4.78, 5) is 11.4. The number of ether oxygens (including phenoxy) is 2. The van der Waals surface area contributed by atoms with Crippen molar-refractivity contribution in [3.8, 4) is 5.75 Å². The molecule has 0 unspecified atom stereocenters. The van der Waals surface area contributed by atoms with Gasteiger partial charge >= 0.3 is 0 Å². The minimum atomic E-state index is 0.527. The van der Waals surface area contributed by atoms with Crippen LogP contribution in [0.1, 0.15) is 36.5 Å². The van der Waals surface area contributed by atoms with Gasteiger partial charge < -0.3 is 25.0 Å². The largest absolute Gasteiger partial charge is 0.491 e. The Hall–Kier alpha value is -2.80. The summed E-state index contributed by atoms with van der Waals surface area (Å²) in [6, 6.07) is 10.5. The van der Waals surface area contributed by atoms with Crippen molar-refractivity contribution in [1.29, 1.82) is 0 Å². The minimum absolute atomic E-state index is 0.527. The smallest absolute Gasteiger partial charge is 0.191 e. The van der Waals surface area contributed by atoms with Crippen LogP contribution >= 0.6 is 0 Å². The molecule has 1 aromatic carbocycles. The number of methoxy groups -OCH3 is 1. The number of benzene rings is 1. The number of nitrogens with zero attached hydrogens (tertiary/aromatic N) is 3. The Morgan fingerprint density at radius 3 is 2.59 bits per heavy atom. The molecule has 7 heteroatoms. The van der Waals surface area contributed by atoms with Crippen LogP contribution in [-0.2, 0) is 17.8 Å². The zero-order valence-electron chi connectivity index (χ0n) is 19.9. The first-order valence-corrected chi connectivity index (χ1v) is 11.4. The van der Waals surface area contributed by atoms with E-state index in [1.807, 2.05) is 6.20 Å². The SMILES string of the molecule is CN=C(NCc1ccc(N2CCC(C)CC2)nc1)NCc1ccc(C)cc1OCCOC. The number of anilines is 1. The van der Waals surface area contributed by atoms with Crippen LogP contribution in [0.15, 0.2) is 41.5 Å². The van der Waals surface area contributed by atoms with Gasteiger partial charge in [0.1, 0.15) is 18.2 Å². The second kappa shape index (κ2) is 12.3. The summed E-state index contributed by atoms with van der Waals surface area (Å²) in [5, 5.41) is 6.74. The molecular formula is C25H37N5O2. The number of nitrogens with one attached hydrogen (secondary N) is 2. The average molecular weight is 440 g/mol. The van der Waals surface area contributed by atoms with E-state index in [2.05, 4.69) is 69.7 Å². The van der Waals surface area contributed by atoms with Crippen LogP contribution in [-0.4, -0.2) is 51.4 Å². The summed E-state index contributed by atoms with van der Waals surface area (Å²) >= 11 is 0. The molecule has 2 N–H and O–H groups in total. The lowest BCUT2D eigenvalue weighted by Gasteiger charge is -2.31. The summed E-state index contributed by atoms with van der Waals surface area (Å²) in [5.41, 5.74) is 3.37. The van der Waals surface area contributed by atoms with E-state index in [4.69, 9.17) is 9.47 Å². The highest BCUT2D eigenvalue weighted by Crippen LogP contribution is 2.22. The Bertz CT molecular complexity index is 861. The van der Waals surface area contributed by atoms with Crippen molar-refractivity contribution < 1.29 is 9.47 Å². The van der Waals surface area contributed by atoms with Crippen LogP contribution < -0.4 is 20.3 Å². The maximum atomic E-state index is 5.88. The van der Waals surface area contributed by atoms with E-state index in [9.17, 15) is 0 Å². The van der Waals surface area contributed by atoms with Crippen molar-refractivity contribution in [1.82, 2.24) is 15.6 Å². The Morgan fingerprint density at radius 1 is 1.12 bits per heavy atom. The van der Waals surface area contributed by atoms with E-state index in [-0.39, 0.29) is 0 Å². The topological polar surface area (TPSA) is 71.0 Å². The van der Waals surface area contributed by atoms with Crippen molar-refractivity contribution in [2.75, 3.05) is 45.4 Å². The fourth-order valence-electron chi connectivity index (χ4n) is 3.71. The predicted molar refractivity (Wildman–Crippen MR) is 130 cm³/mol. The number of aromatic nitrogens is 1. The first-order chi connectivity index (χ1) is 15.6. The van der Waals surface area contributed by atoms with Crippen LogP contribution in [0.4, 0.5) is 5.82 Å². The van der Waals surface area contributed by atoms with E-state index in [1.54, 1.807) is 14.2 Å². The van der Waals surface area contributed by atoms with Gasteiger partial charge in [-0.25, -0.2) is 4.98 Å². The molecule has 7 nitrogen and oxygen atoms in total. The lowest BCUT2D eigenvalue weighted by molar-refractivity contribution is 0.145. The number of aliphatic imine (C=N–C) groups is 1. The van der Waals surface area contributed by atoms with Gasteiger partial charge in [-0.3, -0.25) is 4.99 Å². The second-order valence-corrected chi connectivity index (χ2v) is 8.43. The molecule has 1 aliphatic heterocycles. The van der Waals surface area contributed by atoms with Gasteiger partial charge in [0.25, 0.3) is 0 Å². The molecule has 0 atom stereocenters. The maximum absolute atomic E-state index is 5.88. The van der Waals surface area contributed by atoms with Gasteiger partial charge in [-0.15, -0.1) is 0 Å². The van der Waals surface area contributed by atoms with Gasteiger partial charge in [0.05, 0.1) is 6.61 Å². The Labute approximate surface area is 192 Å². The second-order valence-electron chi connectivity index (χ2n) is 8.43. The molecule has 3 rings (SSSR count). The number of hydrogen-bond donors (Lipinski definition) is 2. The number of guanidine groups is 1. The highest BCUT2D eigenvalue weighted by molar-refractivity contribution is 5.79. The molecule has 0 bridgehead atoms. The maximum Gasteiger partial charge on any atom is 0.191 e. The number of rotatable bonds is 9. The van der Waals surface area contributed by atoms with Crippen molar-refractivity contribution in [2.45, 2.75) is 39.8 Å². The highest BCUT2D eigenvalue weighted by Gasteiger charge is 2.16. The third-order valence-electron chi connectivity index (χ3n) is 5.81. The van der Waals surface area contributed by atoms with Crippen molar-refractivity contribution in [3.05, 3.63) is 53.2 Å². The molecule has 0 radical (unpaired) electrons. The molecule has 174 valence electrons. The van der Waals surface area contributed by atoms with E-state index in [0.717, 1.165) is 47.7 Å². The van der Waals surface area contributed by atoms with Crippen LogP contribution in [0.3, 0.4) is 0 Å². The highest BCUT2D eigenvalue weighted by atomic mass is 16.5. The monoisotopic (exact) mass is 439 g/mol. The molecule has 0 spiro atoms. The molecule has 0 aliphatic carbocycles. The van der Waals surface area contributed by atoms with Gasteiger partial charge in [-0.1, -0.05) is 25.1 Å². The van der Waals surface area contributed by atoms with Crippen LogP contribution in [0.25, 0.3) is 0 Å². The molecule has 2 aromatic rings. The molecule has 2 heterocycles. The molecule has 1 aliphatic rings. The quantitative estimate of drug-likeness (QED) is 0.354. The fraction of sp³-hybridized carbons (Fsp3) is 0.520. The molecule has 1 fully saturated rings. The Morgan fingerprint density at radius 2 is 1.91 bits per heavy atom. The molecule has 1 saturated heterocycles. The molecule has 0 amide bonds. The van der Waals surface area contributed by atoms with Gasteiger partial charge in [0, 0.05) is 52.1 Å². The zero-order valence-corrected chi connectivity index (χ0v) is 19.9. The first kappa shape index (κ1) is 23.9. The first-order valence-electron chi connectivity index (χ1n) is 11.4. The van der Waals surface area contributed by atoms with E-state index in [1.165, 1.54) is 18.4 Å². The zero-order chi connectivity index (χ0) is 22.8. The lowest BCUT2D eigenvalue weighted by atomic mass is 9.99. The predicted octanol–water partition coefficient (Wildman–Crippen LogP) is 3.52. The number of aryl methyl sites for hydroxylation is 1. The van der Waals surface area contributed by atoms with Crippen LogP contribution in [0.5, 0.6) is 5.75 Å². The van der Waals surface area contributed by atoms with E-state index < -0.39 is 0 Å². The summed E-state index contributed by atoms with van der Waals surface area (Å²) in [6.45, 7) is 8.95.